The number of rotatable bonds is 0. The van der Waals surface area contributed by atoms with Crippen molar-refractivity contribution in [2.75, 3.05) is 0 Å². The molecule has 0 radical (unpaired) electrons. The van der Waals surface area contributed by atoms with Gasteiger partial charge < -0.3 is 0 Å². The van der Waals surface area contributed by atoms with Crippen molar-refractivity contribution in [3.05, 3.63) is 60.0 Å². The summed E-state index contributed by atoms with van der Waals surface area (Å²) < 4.78 is 12.7. The quantitative estimate of drug-likeness (QED) is 0.612. The topological polar surface area (TPSA) is 12.4 Å². The van der Waals surface area contributed by atoms with E-state index in [0.29, 0.717) is 0 Å². The lowest BCUT2D eigenvalue weighted by molar-refractivity contribution is 0.627. The van der Waals surface area contributed by atoms with Gasteiger partial charge in [0, 0.05) is 17.0 Å². The molecule has 0 bridgehead atoms. The molecule has 1 aliphatic carbocycles. The highest BCUT2D eigenvalue weighted by Gasteiger charge is 2.20. The Morgan fingerprint density at radius 3 is 2.50 bits per heavy atom. The summed E-state index contributed by atoms with van der Waals surface area (Å²) in [6.45, 7) is 4.18. The van der Waals surface area contributed by atoms with E-state index >= 15 is 0 Å². The summed E-state index contributed by atoms with van der Waals surface area (Å²) in [5.74, 6) is 2.64. The minimum absolute atomic E-state index is 0.0910. The van der Waals surface area contributed by atoms with E-state index in [-0.39, 0.29) is 11.2 Å². The van der Waals surface area contributed by atoms with Gasteiger partial charge in [0.05, 0.1) is 5.71 Å². The van der Waals surface area contributed by atoms with Gasteiger partial charge in [0.25, 0.3) is 0 Å². The van der Waals surface area contributed by atoms with Crippen LogP contribution in [0.4, 0.5) is 4.39 Å². The van der Waals surface area contributed by atoms with Crippen LogP contribution in [0, 0.1) is 23.2 Å². The van der Waals surface area contributed by atoms with Gasteiger partial charge in [-0.1, -0.05) is 32.1 Å². The Labute approximate surface area is 107 Å². The fourth-order valence-electron chi connectivity index (χ4n) is 1.61. The van der Waals surface area contributed by atoms with Crippen LogP contribution in [-0.4, -0.2) is 5.71 Å². The molecule has 2 rings (SSSR count). The van der Waals surface area contributed by atoms with Crippen molar-refractivity contribution in [3.8, 4) is 12.0 Å². The highest BCUT2D eigenvalue weighted by atomic mass is 19.1. The summed E-state index contributed by atoms with van der Waals surface area (Å²) in [5, 5.41) is 0. The Balaban J connectivity index is 2.19. The molecule has 1 aromatic rings. The van der Waals surface area contributed by atoms with E-state index in [1.165, 1.54) is 12.1 Å². The summed E-state index contributed by atoms with van der Waals surface area (Å²) in [6.07, 6.45) is 8.00. The number of halogens is 1. The molecular formula is C16H14FN. The van der Waals surface area contributed by atoms with Gasteiger partial charge >= 0.3 is 0 Å². The van der Waals surface area contributed by atoms with E-state index in [2.05, 4.69) is 36.9 Å². The molecule has 0 saturated carbocycles. The first kappa shape index (κ1) is 12.3. The van der Waals surface area contributed by atoms with E-state index in [1.54, 1.807) is 12.1 Å². The zero-order chi connectivity index (χ0) is 13.0. The van der Waals surface area contributed by atoms with Crippen molar-refractivity contribution in [1.29, 1.82) is 0 Å². The lowest BCUT2D eigenvalue weighted by Crippen LogP contribution is -2.21. The Morgan fingerprint density at radius 1 is 1.11 bits per heavy atom. The SMILES string of the molecule is CC1(C)C=CC=CC1=NC#Cc1ccc(F)cc1. The Morgan fingerprint density at radius 2 is 1.83 bits per heavy atom. The van der Waals surface area contributed by atoms with Crippen LogP contribution in [-0.2, 0) is 0 Å². The molecule has 1 nitrogen and oxygen atoms in total. The van der Waals surface area contributed by atoms with Crippen LogP contribution in [0.2, 0.25) is 0 Å². The molecule has 1 aromatic carbocycles. The second-order valence-corrected chi connectivity index (χ2v) is 4.68. The number of nitrogens with zero attached hydrogens (tertiary/aromatic N) is 1. The molecule has 0 fully saturated rings. The van der Waals surface area contributed by atoms with Crippen molar-refractivity contribution < 1.29 is 4.39 Å². The number of aliphatic imine (C=N–C) groups is 1. The van der Waals surface area contributed by atoms with Crippen molar-refractivity contribution in [1.82, 2.24) is 0 Å². The summed E-state index contributed by atoms with van der Waals surface area (Å²) >= 11 is 0. The largest absolute Gasteiger partial charge is 0.207 e. The third kappa shape index (κ3) is 2.95. The second kappa shape index (κ2) is 5.01. The van der Waals surface area contributed by atoms with Gasteiger partial charge in [-0.05, 0) is 36.3 Å². The van der Waals surface area contributed by atoms with Gasteiger partial charge in [0.2, 0.25) is 0 Å². The summed E-state index contributed by atoms with van der Waals surface area (Å²) in [7, 11) is 0. The average molecular weight is 239 g/mol. The summed E-state index contributed by atoms with van der Waals surface area (Å²) in [6, 6.07) is 8.85. The first-order valence-corrected chi connectivity index (χ1v) is 5.78. The highest BCUT2D eigenvalue weighted by molar-refractivity contribution is 6.02. The van der Waals surface area contributed by atoms with Gasteiger partial charge in [-0.25, -0.2) is 9.38 Å². The van der Waals surface area contributed by atoms with Crippen molar-refractivity contribution in [2.24, 2.45) is 10.4 Å². The molecule has 90 valence electrons. The minimum atomic E-state index is -0.256. The summed E-state index contributed by atoms with van der Waals surface area (Å²) in [4.78, 5) is 4.28. The molecule has 0 saturated heterocycles. The lowest BCUT2D eigenvalue weighted by Gasteiger charge is -2.21. The van der Waals surface area contributed by atoms with E-state index in [1.807, 2.05) is 18.2 Å². The highest BCUT2D eigenvalue weighted by Crippen LogP contribution is 2.23. The third-order valence-electron chi connectivity index (χ3n) is 2.76. The van der Waals surface area contributed by atoms with Gasteiger partial charge in [-0.3, -0.25) is 0 Å². The molecule has 2 heteroatoms. The molecule has 0 aromatic heterocycles. The van der Waals surface area contributed by atoms with Gasteiger partial charge in [-0.2, -0.15) is 0 Å². The summed E-state index contributed by atoms with van der Waals surface area (Å²) in [5.41, 5.74) is 1.60. The molecule has 0 heterocycles. The number of benzene rings is 1. The normalized spacial score (nSPS) is 18.5. The molecule has 1 aliphatic rings. The molecule has 0 spiro atoms. The zero-order valence-corrected chi connectivity index (χ0v) is 10.4. The Hall–Kier alpha value is -2.14. The van der Waals surface area contributed by atoms with Gasteiger partial charge in [-0.15, -0.1) is 0 Å². The van der Waals surface area contributed by atoms with Crippen LogP contribution in [0.3, 0.4) is 0 Å². The molecule has 0 aliphatic heterocycles. The third-order valence-corrected chi connectivity index (χ3v) is 2.76. The van der Waals surface area contributed by atoms with Crippen molar-refractivity contribution in [3.63, 3.8) is 0 Å². The van der Waals surface area contributed by atoms with Crippen LogP contribution < -0.4 is 0 Å². The smallest absolute Gasteiger partial charge is 0.123 e. The maximum Gasteiger partial charge on any atom is 0.123 e. The lowest BCUT2D eigenvalue weighted by atomic mass is 9.84. The Bertz CT molecular complexity index is 578. The fraction of sp³-hybridized carbons (Fsp3) is 0.188. The molecule has 18 heavy (non-hydrogen) atoms. The van der Waals surface area contributed by atoms with Crippen LogP contribution in [0.1, 0.15) is 19.4 Å². The van der Waals surface area contributed by atoms with Crippen LogP contribution in [0.25, 0.3) is 0 Å². The molecule has 0 N–H and O–H groups in total. The van der Waals surface area contributed by atoms with Crippen molar-refractivity contribution >= 4 is 5.71 Å². The number of allylic oxidation sites excluding steroid dienone is 4. The molecular weight excluding hydrogens is 225 g/mol. The van der Waals surface area contributed by atoms with E-state index in [0.717, 1.165) is 11.3 Å². The molecule has 0 unspecified atom stereocenters. The average Bonchev–Trinajstić information content (AvgIpc) is 2.33. The van der Waals surface area contributed by atoms with E-state index in [4.69, 9.17) is 0 Å². The van der Waals surface area contributed by atoms with Gasteiger partial charge in [0.15, 0.2) is 0 Å². The molecule has 0 atom stereocenters. The van der Waals surface area contributed by atoms with Crippen LogP contribution >= 0.6 is 0 Å². The van der Waals surface area contributed by atoms with Crippen LogP contribution in [0.15, 0.2) is 53.6 Å². The van der Waals surface area contributed by atoms with Crippen LogP contribution in [0.5, 0.6) is 0 Å². The van der Waals surface area contributed by atoms with Gasteiger partial charge in [0.1, 0.15) is 5.82 Å². The monoisotopic (exact) mass is 239 g/mol. The zero-order valence-electron chi connectivity index (χ0n) is 10.4. The maximum absolute atomic E-state index is 12.7. The molecule has 0 amide bonds. The predicted octanol–water partition coefficient (Wildman–Crippen LogP) is 3.73. The minimum Gasteiger partial charge on any atom is -0.207 e. The first-order chi connectivity index (χ1) is 8.58. The second-order valence-electron chi connectivity index (χ2n) is 4.68. The van der Waals surface area contributed by atoms with E-state index in [9.17, 15) is 4.39 Å². The number of hydrogen-bond donors (Lipinski definition) is 0. The first-order valence-electron chi connectivity index (χ1n) is 5.78. The van der Waals surface area contributed by atoms with E-state index < -0.39 is 0 Å². The standard InChI is InChI=1S/C16H14FN/c1-16(2)11-4-3-5-15(16)18-12-10-13-6-8-14(17)9-7-13/h3-9,11H,1-2H3. The maximum atomic E-state index is 12.7. The fourth-order valence-corrected chi connectivity index (χ4v) is 1.61. The Kier molecular flexibility index (Phi) is 3.43. The number of hydrogen-bond acceptors (Lipinski definition) is 1. The van der Waals surface area contributed by atoms with Crippen molar-refractivity contribution in [2.45, 2.75) is 13.8 Å². The predicted molar refractivity (Wildman–Crippen MR) is 72.8 cm³/mol.